The summed E-state index contributed by atoms with van der Waals surface area (Å²) in [6.45, 7) is 0. The summed E-state index contributed by atoms with van der Waals surface area (Å²) in [5.41, 5.74) is -0.657. The molecule has 1 saturated carbocycles. The van der Waals surface area contributed by atoms with Crippen molar-refractivity contribution in [1.82, 2.24) is 20.1 Å². The monoisotopic (exact) mass is 279 g/mol. The quantitative estimate of drug-likeness (QED) is 0.839. The number of carbonyl (C=O) groups is 1. The Morgan fingerprint density at radius 2 is 2.32 bits per heavy atom. The van der Waals surface area contributed by atoms with E-state index in [1.165, 1.54) is 11.8 Å². The largest absolute Gasteiger partial charge is 0.337 e. The number of amides is 1. The predicted molar refractivity (Wildman–Crippen MR) is 71.3 cm³/mol. The molecule has 6 nitrogen and oxygen atoms in total. The fourth-order valence-corrected chi connectivity index (χ4v) is 2.94. The molecule has 1 fully saturated rings. The van der Waals surface area contributed by atoms with Crippen molar-refractivity contribution in [2.24, 2.45) is 7.05 Å². The van der Waals surface area contributed by atoms with Crippen molar-refractivity contribution in [1.29, 1.82) is 5.26 Å². The molecule has 0 atom stereocenters. The van der Waals surface area contributed by atoms with Crippen LogP contribution in [0.3, 0.4) is 0 Å². The highest BCUT2D eigenvalue weighted by molar-refractivity contribution is 7.99. The normalized spacial score (nSPS) is 17.7. The Balaban J connectivity index is 1.87. The lowest BCUT2D eigenvalue weighted by Gasteiger charge is -2.31. The van der Waals surface area contributed by atoms with Crippen LogP contribution in [0.1, 0.15) is 32.1 Å². The summed E-state index contributed by atoms with van der Waals surface area (Å²) in [4.78, 5) is 11.9. The minimum Gasteiger partial charge on any atom is -0.337 e. The summed E-state index contributed by atoms with van der Waals surface area (Å²) >= 11 is 1.33. The van der Waals surface area contributed by atoms with Crippen LogP contribution in [0, 0.1) is 11.3 Å². The van der Waals surface area contributed by atoms with Gasteiger partial charge in [0.25, 0.3) is 0 Å². The molecule has 0 unspecified atom stereocenters. The van der Waals surface area contributed by atoms with Crippen molar-refractivity contribution in [3.05, 3.63) is 6.33 Å². The molecule has 1 aromatic rings. The van der Waals surface area contributed by atoms with Crippen LogP contribution in [-0.2, 0) is 11.8 Å². The molecule has 0 bridgehead atoms. The third-order valence-electron chi connectivity index (χ3n) is 3.30. The lowest BCUT2D eigenvalue weighted by atomic mass is 9.83. The summed E-state index contributed by atoms with van der Waals surface area (Å²) in [6.07, 6.45) is 6.26. The number of nitrogens with zero attached hydrogens (tertiary/aromatic N) is 4. The lowest BCUT2D eigenvalue weighted by molar-refractivity contribution is -0.120. The zero-order valence-corrected chi connectivity index (χ0v) is 11.7. The number of rotatable bonds is 4. The number of thioether (sulfide) groups is 1. The Hall–Kier alpha value is -1.55. The van der Waals surface area contributed by atoms with Crippen molar-refractivity contribution in [2.75, 3.05) is 5.75 Å². The molecule has 102 valence electrons. The van der Waals surface area contributed by atoms with Crippen molar-refractivity contribution >= 4 is 17.7 Å². The van der Waals surface area contributed by atoms with Gasteiger partial charge in [0.15, 0.2) is 5.16 Å². The van der Waals surface area contributed by atoms with E-state index in [4.69, 9.17) is 0 Å². The van der Waals surface area contributed by atoms with Gasteiger partial charge in [-0.1, -0.05) is 31.0 Å². The van der Waals surface area contributed by atoms with E-state index < -0.39 is 5.54 Å². The highest BCUT2D eigenvalue weighted by atomic mass is 32.2. The molecular formula is C12H17N5OS. The smallest absolute Gasteiger partial charge is 0.231 e. The van der Waals surface area contributed by atoms with Crippen LogP contribution in [0.5, 0.6) is 0 Å². The van der Waals surface area contributed by atoms with Crippen LogP contribution in [0.25, 0.3) is 0 Å². The van der Waals surface area contributed by atoms with Gasteiger partial charge in [-0.05, 0) is 12.8 Å². The number of nitrogens with one attached hydrogen (secondary N) is 1. The zero-order chi connectivity index (χ0) is 13.7. The Morgan fingerprint density at radius 3 is 2.89 bits per heavy atom. The van der Waals surface area contributed by atoms with E-state index in [9.17, 15) is 10.1 Å². The van der Waals surface area contributed by atoms with Crippen molar-refractivity contribution in [2.45, 2.75) is 42.8 Å². The SMILES string of the molecule is Cn1cnnc1SCC(=O)NC1(C#N)CCCCC1. The fraction of sp³-hybridized carbons (Fsp3) is 0.667. The van der Waals surface area contributed by atoms with Gasteiger partial charge >= 0.3 is 0 Å². The minimum absolute atomic E-state index is 0.114. The van der Waals surface area contributed by atoms with E-state index in [0.29, 0.717) is 5.16 Å². The molecule has 0 radical (unpaired) electrons. The highest BCUT2D eigenvalue weighted by Gasteiger charge is 2.33. The second-order valence-electron chi connectivity index (χ2n) is 4.82. The van der Waals surface area contributed by atoms with E-state index in [1.807, 2.05) is 7.05 Å². The Kier molecular flexibility index (Phi) is 4.43. The van der Waals surface area contributed by atoms with Crippen molar-refractivity contribution < 1.29 is 4.79 Å². The molecule has 0 aliphatic heterocycles. The topological polar surface area (TPSA) is 83.6 Å². The minimum atomic E-state index is -0.657. The Labute approximate surface area is 116 Å². The second-order valence-corrected chi connectivity index (χ2v) is 5.76. The Morgan fingerprint density at radius 1 is 1.58 bits per heavy atom. The van der Waals surface area contributed by atoms with Gasteiger partial charge in [0.05, 0.1) is 11.8 Å². The molecule has 2 rings (SSSR count). The standard InChI is InChI=1S/C12H17N5OS/c1-17-9-14-16-11(17)19-7-10(18)15-12(8-13)5-3-2-4-6-12/h9H,2-7H2,1H3,(H,15,18). The summed E-state index contributed by atoms with van der Waals surface area (Å²) in [6, 6.07) is 2.28. The van der Waals surface area contributed by atoms with Crippen LogP contribution in [0.2, 0.25) is 0 Å². The van der Waals surface area contributed by atoms with Gasteiger partial charge in [-0.25, -0.2) is 0 Å². The maximum absolute atomic E-state index is 11.9. The van der Waals surface area contributed by atoms with Gasteiger partial charge in [-0.3, -0.25) is 4.79 Å². The van der Waals surface area contributed by atoms with Gasteiger partial charge < -0.3 is 9.88 Å². The second kappa shape index (κ2) is 6.06. The van der Waals surface area contributed by atoms with Crippen molar-refractivity contribution in [3.8, 4) is 6.07 Å². The first-order valence-electron chi connectivity index (χ1n) is 6.34. The van der Waals surface area contributed by atoms with Crippen LogP contribution in [-0.4, -0.2) is 32.0 Å². The molecule has 0 saturated heterocycles. The third kappa shape index (κ3) is 3.47. The Bertz CT molecular complexity index is 487. The molecule has 1 aromatic heterocycles. The molecule has 1 aliphatic rings. The zero-order valence-electron chi connectivity index (χ0n) is 10.9. The van der Waals surface area contributed by atoms with Gasteiger partial charge in [0, 0.05) is 7.05 Å². The number of hydrogen-bond donors (Lipinski definition) is 1. The lowest BCUT2D eigenvalue weighted by Crippen LogP contribution is -2.49. The first-order valence-corrected chi connectivity index (χ1v) is 7.33. The molecule has 19 heavy (non-hydrogen) atoms. The average molecular weight is 279 g/mol. The highest BCUT2D eigenvalue weighted by Crippen LogP contribution is 2.27. The predicted octanol–water partition coefficient (Wildman–Crippen LogP) is 1.25. The third-order valence-corrected chi connectivity index (χ3v) is 4.34. The van der Waals surface area contributed by atoms with Crippen LogP contribution >= 0.6 is 11.8 Å². The maximum atomic E-state index is 11.9. The average Bonchev–Trinajstić information content (AvgIpc) is 2.83. The summed E-state index contributed by atoms with van der Waals surface area (Å²) in [5, 5.41) is 20.5. The first-order chi connectivity index (χ1) is 9.15. The van der Waals surface area contributed by atoms with Gasteiger partial charge in [0.1, 0.15) is 11.9 Å². The number of nitriles is 1. The number of aromatic nitrogens is 3. The molecule has 0 spiro atoms. The van der Waals surface area contributed by atoms with Crippen LogP contribution < -0.4 is 5.32 Å². The number of aryl methyl sites for hydroxylation is 1. The van der Waals surface area contributed by atoms with E-state index in [-0.39, 0.29) is 11.7 Å². The van der Waals surface area contributed by atoms with Crippen LogP contribution in [0.4, 0.5) is 0 Å². The maximum Gasteiger partial charge on any atom is 0.231 e. The van der Waals surface area contributed by atoms with Crippen molar-refractivity contribution in [3.63, 3.8) is 0 Å². The molecule has 7 heteroatoms. The summed E-state index contributed by atoms with van der Waals surface area (Å²) in [7, 11) is 1.83. The molecule has 1 amide bonds. The first kappa shape index (κ1) is 13.9. The molecule has 1 heterocycles. The summed E-state index contributed by atoms with van der Waals surface area (Å²) in [5.74, 6) is 0.145. The molecule has 1 aliphatic carbocycles. The van der Waals surface area contributed by atoms with Gasteiger partial charge in [-0.15, -0.1) is 10.2 Å². The number of carbonyl (C=O) groups excluding carboxylic acids is 1. The molecule has 0 aromatic carbocycles. The fourth-order valence-electron chi connectivity index (χ4n) is 2.26. The van der Waals surface area contributed by atoms with Crippen LogP contribution in [0.15, 0.2) is 11.5 Å². The molecule has 1 N–H and O–H groups in total. The van der Waals surface area contributed by atoms with Gasteiger partial charge in [-0.2, -0.15) is 5.26 Å². The van der Waals surface area contributed by atoms with E-state index >= 15 is 0 Å². The van der Waals surface area contributed by atoms with E-state index in [1.54, 1.807) is 10.9 Å². The van der Waals surface area contributed by atoms with E-state index in [0.717, 1.165) is 32.1 Å². The van der Waals surface area contributed by atoms with E-state index in [2.05, 4.69) is 21.6 Å². The summed E-state index contributed by atoms with van der Waals surface area (Å²) < 4.78 is 1.76. The molecular weight excluding hydrogens is 262 g/mol. The van der Waals surface area contributed by atoms with Gasteiger partial charge in [0.2, 0.25) is 5.91 Å². The number of hydrogen-bond acceptors (Lipinski definition) is 5.